The monoisotopic (exact) mass is 105 g/mol. The Bertz CT molecular complexity index is 47.0. The number of hydrogen-bond acceptors (Lipinski definition) is 3. The molecule has 0 saturated heterocycles. The van der Waals surface area contributed by atoms with E-state index >= 15 is 0 Å². The fourth-order valence-corrected chi connectivity index (χ4v) is 0.149. The highest BCUT2D eigenvalue weighted by atomic mass is 16.5. The van der Waals surface area contributed by atoms with E-state index in [2.05, 4.69) is 0 Å². The zero-order chi connectivity index (χ0) is 5.86. The Labute approximate surface area is 42.9 Å². The zero-order valence-corrected chi connectivity index (χ0v) is 4.55. The van der Waals surface area contributed by atoms with Crippen LogP contribution in [0.1, 0.15) is 13.8 Å². The van der Waals surface area contributed by atoms with Gasteiger partial charge in [0.2, 0.25) is 0 Å². The molecule has 1 atom stereocenters. The normalized spacial score (nSPS) is 15.0. The van der Waals surface area contributed by atoms with Gasteiger partial charge in [-0.3, -0.25) is 0 Å². The number of aliphatic hydroxyl groups is 1. The molecule has 0 radical (unpaired) electrons. The summed E-state index contributed by atoms with van der Waals surface area (Å²) >= 11 is 0. The van der Waals surface area contributed by atoms with Crippen molar-refractivity contribution in [2.45, 2.75) is 20.1 Å². The van der Waals surface area contributed by atoms with Crippen molar-refractivity contribution in [2.24, 2.45) is 5.92 Å². The first-order valence-corrected chi connectivity index (χ1v) is 2.26. The second-order valence-electron chi connectivity index (χ2n) is 1.82. The number of aliphatic hydroxyl groups excluding tert-OH is 1. The molecule has 3 heteroatoms. The van der Waals surface area contributed by atoms with Crippen LogP contribution in [-0.2, 0) is 0 Å². The van der Waals surface area contributed by atoms with Crippen molar-refractivity contribution < 1.29 is 10.3 Å². The SMILES string of the molecule is CC(C)C(O)NO. The van der Waals surface area contributed by atoms with Crippen LogP contribution in [0.15, 0.2) is 0 Å². The van der Waals surface area contributed by atoms with E-state index in [9.17, 15) is 0 Å². The molecule has 44 valence electrons. The third kappa shape index (κ3) is 2.56. The van der Waals surface area contributed by atoms with E-state index in [1.54, 1.807) is 19.3 Å². The van der Waals surface area contributed by atoms with Gasteiger partial charge in [0.05, 0.1) is 0 Å². The Balaban J connectivity index is 3.14. The third-order valence-corrected chi connectivity index (χ3v) is 0.764. The summed E-state index contributed by atoms with van der Waals surface area (Å²) in [6.45, 7) is 3.60. The Morgan fingerprint density at radius 2 is 1.86 bits per heavy atom. The maximum atomic E-state index is 8.57. The molecule has 0 bridgehead atoms. The summed E-state index contributed by atoms with van der Waals surface area (Å²) in [5.74, 6) is 0.0602. The topological polar surface area (TPSA) is 52.5 Å². The number of nitrogens with one attached hydrogen (secondary N) is 1. The van der Waals surface area contributed by atoms with Crippen LogP contribution in [0.25, 0.3) is 0 Å². The first-order chi connectivity index (χ1) is 3.18. The van der Waals surface area contributed by atoms with Crippen LogP contribution < -0.4 is 5.48 Å². The maximum absolute atomic E-state index is 8.57. The number of hydroxylamine groups is 1. The van der Waals surface area contributed by atoms with E-state index < -0.39 is 6.23 Å². The third-order valence-electron chi connectivity index (χ3n) is 0.764. The second kappa shape index (κ2) is 2.96. The second-order valence-corrected chi connectivity index (χ2v) is 1.82. The van der Waals surface area contributed by atoms with E-state index in [1.165, 1.54) is 0 Å². The fourth-order valence-electron chi connectivity index (χ4n) is 0.149. The molecule has 0 amide bonds. The quantitative estimate of drug-likeness (QED) is 0.340. The summed E-state index contributed by atoms with van der Waals surface area (Å²) < 4.78 is 0. The minimum atomic E-state index is -0.792. The van der Waals surface area contributed by atoms with Crippen LogP contribution in [0.2, 0.25) is 0 Å². The molecule has 0 aliphatic heterocycles. The largest absolute Gasteiger partial charge is 0.376 e. The molecule has 3 nitrogen and oxygen atoms in total. The molecule has 0 aromatic rings. The van der Waals surface area contributed by atoms with Crippen LogP contribution in [-0.4, -0.2) is 16.5 Å². The summed E-state index contributed by atoms with van der Waals surface area (Å²) in [4.78, 5) is 0. The van der Waals surface area contributed by atoms with Gasteiger partial charge in [0, 0.05) is 0 Å². The first kappa shape index (κ1) is 6.88. The van der Waals surface area contributed by atoms with Gasteiger partial charge in [-0.25, -0.2) is 0 Å². The molecule has 7 heavy (non-hydrogen) atoms. The molecular formula is C4H11NO2. The first-order valence-electron chi connectivity index (χ1n) is 2.26. The van der Waals surface area contributed by atoms with E-state index in [0.717, 1.165) is 0 Å². The lowest BCUT2D eigenvalue weighted by molar-refractivity contribution is -0.0249. The summed E-state index contributed by atoms with van der Waals surface area (Å²) in [6, 6.07) is 0. The van der Waals surface area contributed by atoms with Crippen molar-refractivity contribution in [3.05, 3.63) is 0 Å². The number of rotatable bonds is 2. The molecule has 3 N–H and O–H groups in total. The van der Waals surface area contributed by atoms with Crippen molar-refractivity contribution in [3.8, 4) is 0 Å². The summed E-state index contributed by atoms with van der Waals surface area (Å²) in [7, 11) is 0. The van der Waals surface area contributed by atoms with Crippen molar-refractivity contribution in [3.63, 3.8) is 0 Å². The smallest absolute Gasteiger partial charge is 0.129 e. The van der Waals surface area contributed by atoms with Gasteiger partial charge in [0.25, 0.3) is 0 Å². The highest BCUT2D eigenvalue weighted by Crippen LogP contribution is 1.93. The van der Waals surface area contributed by atoms with E-state index in [4.69, 9.17) is 10.3 Å². The molecule has 0 spiro atoms. The molecule has 0 saturated carbocycles. The van der Waals surface area contributed by atoms with Gasteiger partial charge >= 0.3 is 0 Å². The lowest BCUT2D eigenvalue weighted by Gasteiger charge is -2.09. The highest BCUT2D eigenvalue weighted by Gasteiger charge is 2.03. The average Bonchev–Trinajstić information content (AvgIpc) is 1.65. The van der Waals surface area contributed by atoms with Gasteiger partial charge < -0.3 is 10.3 Å². The fraction of sp³-hybridized carbons (Fsp3) is 1.00. The van der Waals surface area contributed by atoms with Gasteiger partial charge in [-0.2, -0.15) is 5.48 Å². The van der Waals surface area contributed by atoms with E-state index in [1.807, 2.05) is 0 Å². The van der Waals surface area contributed by atoms with Gasteiger partial charge in [-0.05, 0) is 5.92 Å². The van der Waals surface area contributed by atoms with Crippen molar-refractivity contribution in [2.75, 3.05) is 0 Å². The Kier molecular flexibility index (Phi) is 2.91. The predicted molar refractivity (Wildman–Crippen MR) is 25.8 cm³/mol. The standard InChI is InChI=1S/C4H11NO2/c1-3(2)4(6)5-7/h3-7H,1-2H3. The Morgan fingerprint density at radius 3 is 1.86 bits per heavy atom. The van der Waals surface area contributed by atoms with Gasteiger partial charge in [0.1, 0.15) is 6.23 Å². The molecule has 0 aliphatic carbocycles. The van der Waals surface area contributed by atoms with E-state index in [-0.39, 0.29) is 5.92 Å². The molecule has 0 heterocycles. The van der Waals surface area contributed by atoms with Gasteiger partial charge in [-0.15, -0.1) is 0 Å². The Morgan fingerprint density at radius 1 is 1.43 bits per heavy atom. The van der Waals surface area contributed by atoms with Crippen molar-refractivity contribution in [1.29, 1.82) is 0 Å². The van der Waals surface area contributed by atoms with Gasteiger partial charge in [-0.1, -0.05) is 13.8 Å². The summed E-state index contributed by atoms with van der Waals surface area (Å²) in [5, 5.41) is 16.6. The average molecular weight is 105 g/mol. The molecule has 0 aromatic heterocycles. The van der Waals surface area contributed by atoms with Crippen LogP contribution in [0.4, 0.5) is 0 Å². The maximum Gasteiger partial charge on any atom is 0.129 e. The molecule has 0 rings (SSSR count). The molecule has 0 fully saturated rings. The number of hydrogen-bond donors (Lipinski definition) is 3. The predicted octanol–water partition coefficient (Wildman–Crippen LogP) is -0.0604. The minimum absolute atomic E-state index is 0.0602. The molecular weight excluding hydrogens is 94.0 g/mol. The minimum Gasteiger partial charge on any atom is -0.376 e. The zero-order valence-electron chi connectivity index (χ0n) is 4.55. The highest BCUT2D eigenvalue weighted by molar-refractivity contribution is 4.48. The molecule has 0 aliphatic rings. The van der Waals surface area contributed by atoms with Crippen LogP contribution in [0.3, 0.4) is 0 Å². The molecule has 1 unspecified atom stereocenters. The lowest BCUT2D eigenvalue weighted by Crippen LogP contribution is -2.30. The molecule has 0 aromatic carbocycles. The van der Waals surface area contributed by atoms with Gasteiger partial charge in [0.15, 0.2) is 0 Å². The summed E-state index contributed by atoms with van der Waals surface area (Å²) in [5.41, 5.74) is 1.72. The lowest BCUT2D eigenvalue weighted by atomic mass is 10.2. The Hall–Kier alpha value is -0.120. The summed E-state index contributed by atoms with van der Waals surface area (Å²) in [6.07, 6.45) is -0.792. The van der Waals surface area contributed by atoms with Crippen LogP contribution >= 0.6 is 0 Å². The van der Waals surface area contributed by atoms with Crippen LogP contribution in [0.5, 0.6) is 0 Å². The van der Waals surface area contributed by atoms with Crippen molar-refractivity contribution >= 4 is 0 Å². The van der Waals surface area contributed by atoms with Crippen molar-refractivity contribution in [1.82, 2.24) is 5.48 Å². The van der Waals surface area contributed by atoms with Crippen LogP contribution in [0, 0.1) is 5.92 Å². The van der Waals surface area contributed by atoms with E-state index in [0.29, 0.717) is 0 Å².